The smallest absolute Gasteiger partial charge is 0.251 e. The number of aryl methyl sites for hydroxylation is 1. The minimum atomic E-state index is -0.750. The molecule has 1 N–H and O–H groups in total. The van der Waals surface area contributed by atoms with Gasteiger partial charge in [-0.2, -0.15) is 5.10 Å². The fourth-order valence-electron chi connectivity index (χ4n) is 2.96. The number of morpholine rings is 1. The Morgan fingerprint density at radius 2 is 2.20 bits per heavy atom. The molecule has 1 fully saturated rings. The fourth-order valence-corrected chi connectivity index (χ4v) is 2.96. The number of hydrogen-bond acceptors (Lipinski definition) is 5. The predicted octanol–water partition coefficient (Wildman–Crippen LogP) is 0.301. The Balaban J connectivity index is 1.74. The molecule has 1 aliphatic heterocycles. The van der Waals surface area contributed by atoms with Crippen LogP contribution in [-0.2, 0) is 20.9 Å². The number of carbonyl (C=O) groups is 2. The fraction of sp³-hybridized carbons (Fsp3) is 0.412. The molecule has 2 amide bonds. The SMILES string of the molecule is Cc1ccccc1[C@@H]1[C@@H](C(=O)NCCn2cncn2)OCC(=O)N1C. The summed E-state index contributed by atoms with van der Waals surface area (Å²) >= 11 is 0. The summed E-state index contributed by atoms with van der Waals surface area (Å²) in [5, 5.41) is 6.85. The lowest BCUT2D eigenvalue weighted by Crippen LogP contribution is -2.53. The van der Waals surface area contributed by atoms with Gasteiger partial charge in [-0.3, -0.25) is 14.3 Å². The maximum absolute atomic E-state index is 12.7. The zero-order chi connectivity index (χ0) is 17.8. The van der Waals surface area contributed by atoms with E-state index < -0.39 is 12.1 Å². The van der Waals surface area contributed by atoms with E-state index in [1.54, 1.807) is 23.0 Å². The molecule has 2 aromatic rings. The van der Waals surface area contributed by atoms with Crippen molar-refractivity contribution in [2.24, 2.45) is 0 Å². The molecule has 0 bridgehead atoms. The van der Waals surface area contributed by atoms with E-state index in [0.29, 0.717) is 13.1 Å². The number of nitrogens with one attached hydrogen (secondary N) is 1. The molecule has 0 saturated carbocycles. The number of amides is 2. The third-order valence-electron chi connectivity index (χ3n) is 4.36. The second-order valence-electron chi connectivity index (χ2n) is 5.99. The van der Waals surface area contributed by atoms with Crippen LogP contribution < -0.4 is 5.32 Å². The van der Waals surface area contributed by atoms with Crippen molar-refractivity contribution in [2.75, 3.05) is 20.2 Å². The number of ether oxygens (including phenoxy) is 1. The Morgan fingerprint density at radius 1 is 1.40 bits per heavy atom. The van der Waals surface area contributed by atoms with Crippen molar-refractivity contribution in [1.82, 2.24) is 25.0 Å². The minimum absolute atomic E-state index is 0.0972. The summed E-state index contributed by atoms with van der Waals surface area (Å²) in [6.07, 6.45) is 2.28. The highest BCUT2D eigenvalue weighted by atomic mass is 16.5. The normalized spacial score (nSPS) is 20.6. The van der Waals surface area contributed by atoms with Crippen LogP contribution in [0, 0.1) is 6.92 Å². The van der Waals surface area contributed by atoms with Crippen molar-refractivity contribution in [3.63, 3.8) is 0 Å². The molecule has 0 spiro atoms. The number of benzene rings is 1. The van der Waals surface area contributed by atoms with Crippen molar-refractivity contribution in [1.29, 1.82) is 0 Å². The summed E-state index contributed by atoms with van der Waals surface area (Å²) in [4.78, 5) is 30.2. The van der Waals surface area contributed by atoms with Gasteiger partial charge in [0.25, 0.3) is 5.91 Å². The first-order valence-electron chi connectivity index (χ1n) is 8.11. The molecule has 2 heterocycles. The van der Waals surface area contributed by atoms with E-state index in [1.807, 2.05) is 31.2 Å². The van der Waals surface area contributed by atoms with E-state index in [1.165, 1.54) is 6.33 Å². The molecule has 8 heteroatoms. The van der Waals surface area contributed by atoms with Gasteiger partial charge in [0.2, 0.25) is 5.91 Å². The molecular weight excluding hydrogens is 322 g/mol. The summed E-state index contributed by atoms with van der Waals surface area (Å²) in [5.74, 6) is -0.382. The number of aromatic nitrogens is 3. The number of carbonyl (C=O) groups excluding carboxylic acids is 2. The van der Waals surface area contributed by atoms with Crippen molar-refractivity contribution in [2.45, 2.75) is 25.6 Å². The Bertz CT molecular complexity index is 747. The summed E-state index contributed by atoms with van der Waals surface area (Å²) in [6.45, 7) is 2.78. The van der Waals surface area contributed by atoms with Crippen LogP contribution >= 0.6 is 0 Å². The molecule has 0 aliphatic carbocycles. The lowest BCUT2D eigenvalue weighted by atomic mass is 9.94. The first kappa shape index (κ1) is 17.1. The largest absolute Gasteiger partial charge is 0.356 e. The average Bonchev–Trinajstić information content (AvgIpc) is 3.11. The van der Waals surface area contributed by atoms with Crippen LogP contribution in [0.2, 0.25) is 0 Å². The quantitative estimate of drug-likeness (QED) is 0.843. The monoisotopic (exact) mass is 343 g/mol. The predicted molar refractivity (Wildman–Crippen MR) is 89.5 cm³/mol. The topological polar surface area (TPSA) is 89.4 Å². The third kappa shape index (κ3) is 3.69. The van der Waals surface area contributed by atoms with Gasteiger partial charge < -0.3 is 15.0 Å². The van der Waals surface area contributed by atoms with Gasteiger partial charge in [0.15, 0.2) is 6.10 Å². The van der Waals surface area contributed by atoms with Crippen LogP contribution in [0.3, 0.4) is 0 Å². The zero-order valence-corrected chi connectivity index (χ0v) is 14.3. The molecule has 8 nitrogen and oxygen atoms in total. The molecule has 25 heavy (non-hydrogen) atoms. The van der Waals surface area contributed by atoms with Crippen molar-refractivity contribution >= 4 is 11.8 Å². The van der Waals surface area contributed by atoms with E-state index in [4.69, 9.17) is 4.74 Å². The van der Waals surface area contributed by atoms with Crippen LogP contribution in [0.1, 0.15) is 17.2 Å². The molecule has 1 aliphatic rings. The zero-order valence-electron chi connectivity index (χ0n) is 14.3. The average molecular weight is 343 g/mol. The van der Waals surface area contributed by atoms with Crippen LogP contribution in [0.15, 0.2) is 36.9 Å². The lowest BCUT2D eigenvalue weighted by Gasteiger charge is -2.38. The van der Waals surface area contributed by atoms with Crippen LogP contribution in [0.25, 0.3) is 0 Å². The minimum Gasteiger partial charge on any atom is -0.356 e. The van der Waals surface area contributed by atoms with Crippen molar-refractivity contribution in [3.8, 4) is 0 Å². The number of nitrogens with zero attached hydrogens (tertiary/aromatic N) is 4. The van der Waals surface area contributed by atoms with Gasteiger partial charge in [0.05, 0.1) is 12.6 Å². The Labute approximate surface area is 145 Å². The van der Waals surface area contributed by atoms with E-state index in [2.05, 4.69) is 15.4 Å². The second-order valence-corrected chi connectivity index (χ2v) is 5.99. The molecule has 0 radical (unpaired) electrons. The van der Waals surface area contributed by atoms with Crippen LogP contribution in [0.4, 0.5) is 0 Å². The molecule has 2 atom stereocenters. The summed E-state index contributed by atoms with van der Waals surface area (Å²) < 4.78 is 7.23. The van der Waals surface area contributed by atoms with Gasteiger partial charge >= 0.3 is 0 Å². The molecule has 132 valence electrons. The van der Waals surface area contributed by atoms with Gasteiger partial charge in [-0.15, -0.1) is 0 Å². The highest BCUT2D eigenvalue weighted by Crippen LogP contribution is 2.31. The number of rotatable bonds is 5. The second kappa shape index (κ2) is 7.43. The molecule has 0 unspecified atom stereocenters. The van der Waals surface area contributed by atoms with E-state index >= 15 is 0 Å². The standard InChI is InChI=1S/C17H21N5O3/c1-12-5-3-4-6-13(12)15-16(25-9-14(23)21(15)2)17(24)19-7-8-22-11-18-10-20-22/h3-6,10-11,15-16H,7-9H2,1-2H3,(H,19,24)/t15-,16+/m1/s1. The first-order valence-corrected chi connectivity index (χ1v) is 8.11. The van der Waals surface area contributed by atoms with Crippen molar-refractivity contribution < 1.29 is 14.3 Å². The number of hydrogen-bond donors (Lipinski definition) is 1. The van der Waals surface area contributed by atoms with Gasteiger partial charge in [-0.1, -0.05) is 24.3 Å². The Kier molecular flexibility index (Phi) is 5.08. The molecular formula is C17H21N5O3. The maximum Gasteiger partial charge on any atom is 0.251 e. The molecule has 1 aromatic carbocycles. The first-order chi connectivity index (χ1) is 12.1. The van der Waals surface area contributed by atoms with Gasteiger partial charge in [-0.25, -0.2) is 4.98 Å². The van der Waals surface area contributed by atoms with Crippen LogP contribution in [0.5, 0.6) is 0 Å². The van der Waals surface area contributed by atoms with Crippen molar-refractivity contribution in [3.05, 3.63) is 48.0 Å². The summed E-state index contributed by atoms with van der Waals surface area (Å²) in [6, 6.07) is 7.26. The van der Waals surface area contributed by atoms with E-state index in [-0.39, 0.29) is 18.4 Å². The van der Waals surface area contributed by atoms with Gasteiger partial charge in [0, 0.05) is 13.6 Å². The highest BCUT2D eigenvalue weighted by Gasteiger charge is 2.40. The van der Waals surface area contributed by atoms with E-state index in [0.717, 1.165) is 11.1 Å². The Morgan fingerprint density at radius 3 is 2.92 bits per heavy atom. The molecule has 1 aromatic heterocycles. The molecule has 1 saturated heterocycles. The van der Waals surface area contributed by atoms with Crippen LogP contribution in [-0.4, -0.2) is 57.8 Å². The molecule has 3 rings (SSSR count). The summed E-state index contributed by atoms with van der Waals surface area (Å²) in [7, 11) is 1.71. The Hall–Kier alpha value is -2.74. The lowest BCUT2D eigenvalue weighted by molar-refractivity contribution is -0.162. The van der Waals surface area contributed by atoms with Gasteiger partial charge in [0.1, 0.15) is 19.3 Å². The third-order valence-corrected chi connectivity index (χ3v) is 4.36. The number of likely N-dealkylation sites (N-methyl/N-ethyl adjacent to an activating group) is 1. The maximum atomic E-state index is 12.7. The summed E-state index contributed by atoms with van der Waals surface area (Å²) in [5.41, 5.74) is 1.92. The van der Waals surface area contributed by atoms with Gasteiger partial charge in [-0.05, 0) is 18.1 Å². The van der Waals surface area contributed by atoms with E-state index in [9.17, 15) is 9.59 Å². The highest BCUT2D eigenvalue weighted by molar-refractivity contribution is 5.86.